The minimum atomic E-state index is -0.0852. The molecular weight excluding hydrogens is 636 g/mol. The molecule has 3 aliphatic heterocycles. The zero-order valence-corrected chi connectivity index (χ0v) is 29.1. The van der Waals surface area contributed by atoms with Crippen LogP contribution in [0.3, 0.4) is 0 Å². The molecular formula is C39H44N4O7. The molecule has 1 N–H and O–H groups in total. The van der Waals surface area contributed by atoms with Crippen molar-refractivity contribution in [1.82, 2.24) is 9.80 Å². The maximum absolute atomic E-state index is 13.7. The molecule has 1 saturated carbocycles. The molecule has 1 aliphatic carbocycles. The molecule has 0 spiro atoms. The minimum Gasteiger partial charge on any atom is -0.497 e. The lowest BCUT2D eigenvalue weighted by atomic mass is 10.0. The van der Waals surface area contributed by atoms with Crippen molar-refractivity contribution in [1.29, 1.82) is 0 Å². The van der Waals surface area contributed by atoms with Crippen molar-refractivity contribution in [2.45, 2.75) is 45.1 Å². The molecule has 11 nitrogen and oxygen atoms in total. The third kappa shape index (κ3) is 6.56. The Morgan fingerprint density at radius 3 is 2.22 bits per heavy atom. The molecule has 4 aliphatic rings. The van der Waals surface area contributed by atoms with Crippen LogP contribution in [0.1, 0.15) is 65.3 Å². The number of carbonyl (C=O) groups excluding carboxylic acids is 2. The lowest BCUT2D eigenvalue weighted by molar-refractivity contribution is 0.0747. The van der Waals surface area contributed by atoms with E-state index < -0.39 is 0 Å². The first-order chi connectivity index (χ1) is 24.3. The maximum Gasteiger partial charge on any atom is 0.260 e. The Kier molecular flexibility index (Phi) is 9.31. The van der Waals surface area contributed by atoms with Gasteiger partial charge < -0.3 is 38.8 Å². The molecule has 3 aromatic rings. The predicted octanol–water partition coefficient (Wildman–Crippen LogP) is 6.59. The summed E-state index contributed by atoms with van der Waals surface area (Å²) < 4.78 is 28.8. The van der Waals surface area contributed by atoms with E-state index in [1.807, 2.05) is 46.3 Å². The van der Waals surface area contributed by atoms with Gasteiger partial charge in [0.25, 0.3) is 11.8 Å². The van der Waals surface area contributed by atoms with Gasteiger partial charge in [-0.3, -0.25) is 14.6 Å². The van der Waals surface area contributed by atoms with E-state index in [2.05, 4.69) is 17.2 Å². The molecule has 1 atom stereocenters. The molecule has 3 heterocycles. The van der Waals surface area contributed by atoms with Crippen molar-refractivity contribution < 1.29 is 33.3 Å². The third-order valence-corrected chi connectivity index (χ3v) is 10.3. The molecule has 0 saturated heterocycles. The van der Waals surface area contributed by atoms with E-state index in [0.29, 0.717) is 78.2 Å². The standard InChI is InChI=1S/C39H44N4O7/c1-5-39(11-12-39)24-42-14-13-40-31-20-35(33(47-3)18-29(31)37(42)44)49-15-6-16-50-36-21-32-30(19-34(36)48-4)38(45)43-23-26(17-27(43)22-41-32)25-7-9-28(46-2)10-8-25/h7-10,13,18-21,23,27,41H,5-6,11-12,14-17,22,24H2,1-4H3/t27-/m0/s1. The minimum absolute atomic E-state index is 0.0110. The van der Waals surface area contributed by atoms with Crippen LogP contribution in [0.25, 0.3) is 5.57 Å². The number of nitrogens with zero attached hydrogens (tertiary/aromatic N) is 3. The smallest absolute Gasteiger partial charge is 0.260 e. The van der Waals surface area contributed by atoms with Gasteiger partial charge in [-0.2, -0.15) is 0 Å². The maximum atomic E-state index is 13.7. The van der Waals surface area contributed by atoms with Gasteiger partial charge in [0.1, 0.15) is 5.75 Å². The summed E-state index contributed by atoms with van der Waals surface area (Å²) in [7, 11) is 4.78. The van der Waals surface area contributed by atoms with Crippen LogP contribution < -0.4 is 29.0 Å². The Labute approximate surface area is 292 Å². The second-order valence-electron chi connectivity index (χ2n) is 13.3. The first kappa shape index (κ1) is 33.3. The highest BCUT2D eigenvalue weighted by molar-refractivity contribution is 6.03. The van der Waals surface area contributed by atoms with Gasteiger partial charge in [0.05, 0.1) is 69.6 Å². The van der Waals surface area contributed by atoms with E-state index in [1.54, 1.807) is 45.7 Å². The van der Waals surface area contributed by atoms with Crippen LogP contribution in [0.5, 0.6) is 28.7 Å². The number of rotatable bonds is 13. The van der Waals surface area contributed by atoms with Crippen molar-refractivity contribution in [2.24, 2.45) is 10.4 Å². The number of hydrogen-bond acceptors (Lipinski definition) is 9. The van der Waals surface area contributed by atoms with Crippen LogP contribution in [0.15, 0.2) is 59.7 Å². The van der Waals surface area contributed by atoms with Crippen molar-refractivity contribution in [3.63, 3.8) is 0 Å². The first-order valence-corrected chi connectivity index (χ1v) is 17.3. The number of amides is 2. The summed E-state index contributed by atoms with van der Waals surface area (Å²) in [6.45, 7) is 4.73. The number of benzene rings is 3. The summed E-state index contributed by atoms with van der Waals surface area (Å²) >= 11 is 0. The summed E-state index contributed by atoms with van der Waals surface area (Å²) in [6.07, 6.45) is 8.47. The SMILES string of the molecule is CCC1(CN2CC=Nc3cc(OCCCOc4cc5c(cc4OC)C(=O)N4C=C(c6ccc(OC)cc6)C[C@H]4CN5)c(OC)cc3C2=O)CC1. The molecule has 3 aromatic carbocycles. The zero-order valence-electron chi connectivity index (χ0n) is 29.1. The average molecular weight is 681 g/mol. The quantitative estimate of drug-likeness (QED) is 0.202. The van der Waals surface area contributed by atoms with E-state index in [4.69, 9.17) is 23.7 Å². The molecule has 0 bridgehead atoms. The Morgan fingerprint density at radius 1 is 0.860 bits per heavy atom. The Bertz CT molecular complexity index is 1830. The Morgan fingerprint density at radius 2 is 1.56 bits per heavy atom. The van der Waals surface area contributed by atoms with Gasteiger partial charge in [-0.1, -0.05) is 19.1 Å². The summed E-state index contributed by atoms with van der Waals surface area (Å²) in [4.78, 5) is 35.5. The highest BCUT2D eigenvalue weighted by Gasteiger charge is 2.43. The van der Waals surface area contributed by atoms with Gasteiger partial charge in [-0.05, 0) is 66.5 Å². The lowest BCUT2D eigenvalue weighted by Gasteiger charge is -2.25. The van der Waals surface area contributed by atoms with Crippen LogP contribution in [0.2, 0.25) is 0 Å². The van der Waals surface area contributed by atoms with Crippen molar-refractivity contribution in [3.05, 3.63) is 71.4 Å². The predicted molar refractivity (Wildman–Crippen MR) is 192 cm³/mol. The summed E-state index contributed by atoms with van der Waals surface area (Å²) in [5, 5.41) is 3.47. The lowest BCUT2D eigenvalue weighted by Crippen LogP contribution is -2.36. The van der Waals surface area contributed by atoms with Crippen LogP contribution in [0, 0.1) is 5.41 Å². The summed E-state index contributed by atoms with van der Waals surface area (Å²) in [5.41, 5.74) is 4.77. The fourth-order valence-electron chi connectivity index (χ4n) is 6.95. The Hall–Kier alpha value is -5.19. The van der Waals surface area contributed by atoms with Crippen molar-refractivity contribution >= 4 is 35.0 Å². The summed E-state index contributed by atoms with van der Waals surface area (Å²) in [6, 6.07) is 15.0. The largest absolute Gasteiger partial charge is 0.497 e. The van der Waals surface area contributed by atoms with Gasteiger partial charge in [0, 0.05) is 44.1 Å². The molecule has 50 heavy (non-hydrogen) atoms. The topological polar surface area (TPSA) is 111 Å². The highest BCUT2D eigenvalue weighted by Crippen LogP contribution is 2.49. The van der Waals surface area contributed by atoms with Gasteiger partial charge in [0.15, 0.2) is 23.0 Å². The van der Waals surface area contributed by atoms with E-state index in [-0.39, 0.29) is 23.3 Å². The average Bonchev–Trinajstić information content (AvgIpc) is 3.85. The Balaban J connectivity index is 0.979. The molecule has 262 valence electrons. The highest BCUT2D eigenvalue weighted by atomic mass is 16.5. The molecule has 7 rings (SSSR count). The van der Waals surface area contributed by atoms with E-state index in [1.165, 1.54) is 0 Å². The van der Waals surface area contributed by atoms with Crippen LogP contribution in [-0.2, 0) is 0 Å². The van der Waals surface area contributed by atoms with Gasteiger partial charge in [0.2, 0.25) is 0 Å². The van der Waals surface area contributed by atoms with E-state index in [0.717, 1.165) is 49.1 Å². The van der Waals surface area contributed by atoms with Gasteiger partial charge in [-0.15, -0.1) is 0 Å². The number of fused-ring (bicyclic) bond motifs is 3. The van der Waals surface area contributed by atoms with Gasteiger partial charge in [-0.25, -0.2) is 0 Å². The molecule has 0 unspecified atom stereocenters. The fourth-order valence-corrected chi connectivity index (χ4v) is 6.95. The molecule has 2 amide bonds. The zero-order chi connectivity index (χ0) is 34.8. The number of methoxy groups -OCH3 is 3. The third-order valence-electron chi connectivity index (χ3n) is 10.3. The van der Waals surface area contributed by atoms with E-state index in [9.17, 15) is 9.59 Å². The monoisotopic (exact) mass is 680 g/mol. The van der Waals surface area contributed by atoms with Crippen molar-refractivity contribution in [3.8, 4) is 28.7 Å². The second kappa shape index (κ2) is 14.0. The van der Waals surface area contributed by atoms with Crippen molar-refractivity contribution in [2.75, 3.05) is 59.5 Å². The van der Waals surface area contributed by atoms with Crippen LogP contribution >= 0.6 is 0 Å². The van der Waals surface area contributed by atoms with Gasteiger partial charge >= 0.3 is 0 Å². The number of ether oxygens (including phenoxy) is 5. The molecule has 1 fully saturated rings. The first-order valence-electron chi connectivity index (χ1n) is 17.3. The second-order valence-corrected chi connectivity index (χ2v) is 13.3. The molecule has 0 radical (unpaired) electrons. The number of hydrogen-bond donors (Lipinski definition) is 1. The number of anilines is 1. The number of aliphatic imine (C=N–C) groups is 1. The summed E-state index contributed by atoms with van der Waals surface area (Å²) in [5.74, 6) is 2.71. The molecule has 11 heteroatoms. The van der Waals surface area contributed by atoms with Crippen LogP contribution in [0.4, 0.5) is 11.4 Å². The van der Waals surface area contributed by atoms with E-state index >= 15 is 0 Å². The normalized spacial score (nSPS) is 18.6. The fraction of sp³-hybridized carbons (Fsp3) is 0.410. The molecule has 0 aromatic heterocycles. The number of carbonyl (C=O) groups is 2. The number of nitrogens with one attached hydrogen (secondary N) is 1. The van der Waals surface area contributed by atoms with Crippen LogP contribution in [-0.4, -0.2) is 88.0 Å².